The summed E-state index contributed by atoms with van der Waals surface area (Å²) < 4.78 is 5.17. The third kappa shape index (κ3) is 4.82. The van der Waals surface area contributed by atoms with Gasteiger partial charge in [-0.05, 0) is 38.1 Å². The monoisotopic (exact) mass is 385 g/mol. The quantitative estimate of drug-likeness (QED) is 0.445. The third-order valence-electron chi connectivity index (χ3n) is 3.94. The molecule has 27 heavy (non-hydrogen) atoms. The van der Waals surface area contributed by atoms with Crippen LogP contribution in [0, 0.1) is 13.8 Å². The van der Waals surface area contributed by atoms with E-state index in [9.17, 15) is 0 Å². The van der Waals surface area contributed by atoms with Crippen molar-refractivity contribution in [2.45, 2.75) is 26.9 Å². The van der Waals surface area contributed by atoms with Gasteiger partial charge in [-0.2, -0.15) is 5.10 Å². The predicted octanol–water partition coefficient (Wildman–Crippen LogP) is 2.42. The molecule has 2 heterocycles. The SMILES string of the molecule is CN=C(NCc1nc(-c2ccc(OC)cc2)n[nH]1)NCc1sc(C)nc1C. The Hall–Kier alpha value is -2.94. The molecule has 3 rings (SSSR count). The highest BCUT2D eigenvalue weighted by atomic mass is 32.1. The number of aromatic nitrogens is 4. The van der Waals surface area contributed by atoms with E-state index < -0.39 is 0 Å². The van der Waals surface area contributed by atoms with Crippen molar-refractivity contribution in [2.75, 3.05) is 14.2 Å². The molecule has 0 saturated carbocycles. The summed E-state index contributed by atoms with van der Waals surface area (Å²) in [5.41, 5.74) is 1.98. The number of H-pyrrole nitrogens is 1. The summed E-state index contributed by atoms with van der Waals surface area (Å²) in [4.78, 5) is 14.4. The number of aliphatic imine (C=N–C) groups is 1. The van der Waals surface area contributed by atoms with Crippen LogP contribution in [0.25, 0.3) is 11.4 Å². The Morgan fingerprint density at radius 3 is 2.52 bits per heavy atom. The van der Waals surface area contributed by atoms with Gasteiger partial charge < -0.3 is 15.4 Å². The smallest absolute Gasteiger partial charge is 0.191 e. The van der Waals surface area contributed by atoms with Crippen LogP contribution >= 0.6 is 11.3 Å². The number of methoxy groups -OCH3 is 1. The van der Waals surface area contributed by atoms with Gasteiger partial charge in [0.2, 0.25) is 0 Å². The Bertz CT molecular complexity index is 914. The molecule has 0 radical (unpaired) electrons. The molecule has 0 bridgehead atoms. The number of aryl methyl sites for hydroxylation is 2. The molecular weight excluding hydrogens is 362 g/mol. The highest BCUT2D eigenvalue weighted by molar-refractivity contribution is 7.11. The van der Waals surface area contributed by atoms with E-state index >= 15 is 0 Å². The first-order chi connectivity index (χ1) is 13.1. The van der Waals surface area contributed by atoms with Crippen LogP contribution in [-0.4, -0.2) is 40.3 Å². The van der Waals surface area contributed by atoms with E-state index in [1.54, 1.807) is 25.5 Å². The van der Waals surface area contributed by atoms with Gasteiger partial charge in [-0.3, -0.25) is 10.1 Å². The largest absolute Gasteiger partial charge is 0.497 e. The zero-order valence-corrected chi connectivity index (χ0v) is 16.6. The summed E-state index contributed by atoms with van der Waals surface area (Å²) >= 11 is 1.69. The van der Waals surface area contributed by atoms with Gasteiger partial charge in [0.15, 0.2) is 11.8 Å². The molecular formula is C18H23N7OS. The molecule has 3 N–H and O–H groups in total. The van der Waals surface area contributed by atoms with Crippen molar-refractivity contribution in [1.29, 1.82) is 0 Å². The molecule has 8 nitrogen and oxygen atoms in total. The normalized spacial score (nSPS) is 11.5. The fraction of sp³-hybridized carbons (Fsp3) is 0.333. The minimum atomic E-state index is 0.490. The second kappa shape index (κ2) is 8.63. The van der Waals surface area contributed by atoms with E-state index in [4.69, 9.17) is 4.74 Å². The molecule has 0 aliphatic heterocycles. The van der Waals surface area contributed by atoms with Crippen LogP contribution in [0.1, 0.15) is 21.4 Å². The van der Waals surface area contributed by atoms with Gasteiger partial charge in [0.25, 0.3) is 0 Å². The Kier molecular flexibility index (Phi) is 6.02. The number of rotatable bonds is 6. The van der Waals surface area contributed by atoms with Crippen molar-refractivity contribution in [3.63, 3.8) is 0 Å². The molecule has 0 unspecified atom stereocenters. The Morgan fingerprint density at radius 2 is 1.89 bits per heavy atom. The van der Waals surface area contributed by atoms with E-state index in [0.29, 0.717) is 24.9 Å². The lowest BCUT2D eigenvalue weighted by molar-refractivity contribution is 0.415. The number of ether oxygens (including phenoxy) is 1. The van der Waals surface area contributed by atoms with Gasteiger partial charge in [0.05, 0.1) is 30.9 Å². The Balaban J connectivity index is 1.55. The fourth-order valence-electron chi connectivity index (χ4n) is 2.53. The Labute approximate surface area is 162 Å². The van der Waals surface area contributed by atoms with Crippen molar-refractivity contribution in [3.05, 3.63) is 45.7 Å². The number of hydrogen-bond acceptors (Lipinski definition) is 6. The standard InChI is InChI=1S/C18H23N7OS/c1-11-15(27-12(2)22-11)9-20-18(19-3)21-10-16-23-17(25-24-16)13-5-7-14(26-4)8-6-13/h5-8H,9-10H2,1-4H3,(H2,19,20,21)(H,23,24,25). The van der Waals surface area contributed by atoms with Gasteiger partial charge in [0, 0.05) is 17.5 Å². The van der Waals surface area contributed by atoms with E-state index in [1.807, 2.05) is 38.1 Å². The zero-order valence-electron chi connectivity index (χ0n) is 15.8. The summed E-state index contributed by atoms with van der Waals surface area (Å²) in [5, 5.41) is 14.8. The number of guanidine groups is 1. The summed E-state index contributed by atoms with van der Waals surface area (Å²) in [7, 11) is 3.38. The van der Waals surface area contributed by atoms with Crippen molar-refractivity contribution < 1.29 is 4.74 Å². The number of thiazole rings is 1. The van der Waals surface area contributed by atoms with Crippen LogP contribution in [0.3, 0.4) is 0 Å². The lowest BCUT2D eigenvalue weighted by Crippen LogP contribution is -2.36. The van der Waals surface area contributed by atoms with Crippen LogP contribution in [0.5, 0.6) is 5.75 Å². The van der Waals surface area contributed by atoms with E-state index in [0.717, 1.165) is 27.8 Å². The van der Waals surface area contributed by atoms with Crippen molar-refractivity contribution in [3.8, 4) is 17.1 Å². The van der Waals surface area contributed by atoms with Crippen LogP contribution in [-0.2, 0) is 13.1 Å². The molecule has 0 fully saturated rings. The van der Waals surface area contributed by atoms with E-state index in [-0.39, 0.29) is 0 Å². The zero-order chi connectivity index (χ0) is 19.2. The lowest BCUT2D eigenvalue weighted by atomic mass is 10.2. The second-order valence-corrected chi connectivity index (χ2v) is 7.14. The number of nitrogens with one attached hydrogen (secondary N) is 3. The summed E-state index contributed by atoms with van der Waals surface area (Å²) in [5.74, 6) is 2.88. The molecule has 0 saturated heterocycles. The van der Waals surface area contributed by atoms with Gasteiger partial charge in [0.1, 0.15) is 11.6 Å². The first kappa shape index (κ1) is 18.8. The molecule has 1 aromatic carbocycles. The van der Waals surface area contributed by atoms with Crippen LogP contribution in [0.2, 0.25) is 0 Å². The maximum absolute atomic E-state index is 5.17. The van der Waals surface area contributed by atoms with Gasteiger partial charge >= 0.3 is 0 Å². The molecule has 3 aromatic rings. The third-order valence-corrected chi connectivity index (χ3v) is 5.02. The molecule has 0 aliphatic rings. The Morgan fingerprint density at radius 1 is 1.15 bits per heavy atom. The van der Waals surface area contributed by atoms with E-state index in [1.165, 1.54) is 4.88 Å². The summed E-state index contributed by atoms with van der Waals surface area (Å²) in [6.45, 7) is 5.21. The maximum Gasteiger partial charge on any atom is 0.191 e. The summed E-state index contributed by atoms with van der Waals surface area (Å²) in [6, 6.07) is 7.63. The predicted molar refractivity (Wildman–Crippen MR) is 107 cm³/mol. The van der Waals surface area contributed by atoms with Crippen molar-refractivity contribution in [1.82, 2.24) is 30.8 Å². The van der Waals surface area contributed by atoms with Gasteiger partial charge in [-0.1, -0.05) is 0 Å². The topological polar surface area (TPSA) is 100 Å². The first-order valence-corrected chi connectivity index (χ1v) is 9.34. The molecule has 0 spiro atoms. The average molecular weight is 385 g/mol. The van der Waals surface area contributed by atoms with Gasteiger partial charge in [-0.25, -0.2) is 9.97 Å². The number of hydrogen-bond donors (Lipinski definition) is 3. The first-order valence-electron chi connectivity index (χ1n) is 8.52. The molecule has 142 valence electrons. The highest BCUT2D eigenvalue weighted by Gasteiger charge is 2.08. The average Bonchev–Trinajstić information content (AvgIpc) is 3.28. The number of nitrogens with zero attached hydrogens (tertiary/aromatic N) is 4. The molecule has 0 atom stereocenters. The number of benzene rings is 1. The van der Waals surface area contributed by atoms with Crippen molar-refractivity contribution >= 4 is 17.3 Å². The fourth-order valence-corrected chi connectivity index (χ4v) is 3.41. The minimum absolute atomic E-state index is 0.490. The molecule has 9 heteroatoms. The lowest BCUT2D eigenvalue weighted by Gasteiger charge is -2.10. The van der Waals surface area contributed by atoms with Gasteiger partial charge in [-0.15, -0.1) is 11.3 Å². The second-order valence-electron chi connectivity index (χ2n) is 5.86. The van der Waals surface area contributed by atoms with E-state index in [2.05, 4.69) is 35.8 Å². The van der Waals surface area contributed by atoms with Crippen LogP contribution in [0.15, 0.2) is 29.3 Å². The molecule has 2 aromatic heterocycles. The highest BCUT2D eigenvalue weighted by Crippen LogP contribution is 2.19. The van der Waals surface area contributed by atoms with Crippen LogP contribution < -0.4 is 15.4 Å². The van der Waals surface area contributed by atoms with Crippen molar-refractivity contribution in [2.24, 2.45) is 4.99 Å². The number of aromatic amines is 1. The maximum atomic E-state index is 5.17. The molecule has 0 aliphatic carbocycles. The summed E-state index contributed by atoms with van der Waals surface area (Å²) in [6.07, 6.45) is 0. The minimum Gasteiger partial charge on any atom is -0.497 e. The van der Waals surface area contributed by atoms with Crippen LogP contribution in [0.4, 0.5) is 0 Å². The molecule has 0 amide bonds.